The lowest BCUT2D eigenvalue weighted by Gasteiger charge is -2.28. The minimum absolute atomic E-state index is 0.207. The van der Waals surface area contributed by atoms with Crippen molar-refractivity contribution in [2.45, 2.75) is 45.9 Å². The van der Waals surface area contributed by atoms with E-state index in [0.717, 1.165) is 36.5 Å². The molecule has 1 atom stereocenters. The van der Waals surface area contributed by atoms with Crippen LogP contribution in [0.25, 0.3) is 0 Å². The molecule has 0 radical (unpaired) electrons. The van der Waals surface area contributed by atoms with E-state index in [1.807, 2.05) is 26.1 Å². The zero-order chi connectivity index (χ0) is 17.9. The number of aromatic nitrogens is 5. The number of aryl methyl sites for hydroxylation is 3. The predicted molar refractivity (Wildman–Crippen MR) is 93.4 cm³/mol. The van der Waals surface area contributed by atoms with Gasteiger partial charge in [0, 0.05) is 50.3 Å². The van der Waals surface area contributed by atoms with E-state index in [2.05, 4.69) is 35.9 Å². The van der Waals surface area contributed by atoms with Gasteiger partial charge in [-0.3, -0.25) is 9.58 Å². The maximum Gasteiger partial charge on any atom is 0.316 e. The number of nitrogens with zero attached hydrogens (tertiary/aromatic N) is 6. The molecule has 0 spiro atoms. The highest BCUT2D eigenvalue weighted by Gasteiger charge is 2.26. The second-order valence-corrected chi connectivity index (χ2v) is 6.68. The molecule has 0 amide bonds. The summed E-state index contributed by atoms with van der Waals surface area (Å²) in [5.41, 5.74) is 3.13. The highest BCUT2D eigenvalue weighted by Crippen LogP contribution is 2.20. The van der Waals surface area contributed by atoms with Crippen molar-refractivity contribution in [1.82, 2.24) is 29.8 Å². The van der Waals surface area contributed by atoms with E-state index in [9.17, 15) is 0 Å². The highest BCUT2D eigenvalue weighted by atomic mass is 16.5. The van der Waals surface area contributed by atoms with Crippen LogP contribution >= 0.6 is 0 Å². The zero-order valence-corrected chi connectivity index (χ0v) is 15.0. The summed E-state index contributed by atoms with van der Waals surface area (Å²) in [5.74, 6) is 0.820. The zero-order valence-electron chi connectivity index (χ0n) is 15.0. The third-order valence-corrected chi connectivity index (χ3v) is 4.56. The lowest BCUT2D eigenvalue weighted by atomic mass is 10.1. The monoisotopic (exact) mass is 354 g/mol. The Kier molecular flexibility index (Phi) is 4.66. The first-order chi connectivity index (χ1) is 12.7. The number of fused-ring (bicyclic) bond motifs is 1. The van der Waals surface area contributed by atoms with Gasteiger partial charge in [-0.1, -0.05) is 5.16 Å². The van der Waals surface area contributed by atoms with Crippen molar-refractivity contribution < 1.29 is 9.26 Å². The summed E-state index contributed by atoms with van der Waals surface area (Å²) in [6.45, 7) is 6.73. The summed E-state index contributed by atoms with van der Waals surface area (Å²) in [6.07, 6.45) is 6.31. The van der Waals surface area contributed by atoms with E-state index in [-0.39, 0.29) is 6.04 Å². The largest absolute Gasteiger partial charge is 0.462 e. The average Bonchev–Trinajstić information content (AvgIpc) is 3.21. The molecule has 0 bridgehead atoms. The second-order valence-electron chi connectivity index (χ2n) is 6.68. The van der Waals surface area contributed by atoms with Gasteiger partial charge in [0.2, 0.25) is 0 Å². The number of rotatable bonds is 5. The first-order valence-corrected chi connectivity index (χ1v) is 8.76. The van der Waals surface area contributed by atoms with Gasteiger partial charge in [0.15, 0.2) is 0 Å². The summed E-state index contributed by atoms with van der Waals surface area (Å²) in [6, 6.07) is 4.66. The van der Waals surface area contributed by atoms with Gasteiger partial charge in [-0.2, -0.15) is 5.10 Å². The minimum Gasteiger partial charge on any atom is -0.462 e. The van der Waals surface area contributed by atoms with Crippen LogP contribution in [0.4, 0.5) is 0 Å². The molecule has 3 aromatic heterocycles. The molecule has 0 N–H and O–H groups in total. The van der Waals surface area contributed by atoms with Gasteiger partial charge < -0.3 is 9.26 Å². The Hall–Kier alpha value is -2.74. The summed E-state index contributed by atoms with van der Waals surface area (Å²) in [5, 5.41) is 8.56. The average molecular weight is 354 g/mol. The Labute approximate surface area is 151 Å². The Morgan fingerprint density at radius 3 is 2.88 bits per heavy atom. The Morgan fingerprint density at radius 2 is 2.12 bits per heavy atom. The van der Waals surface area contributed by atoms with E-state index in [4.69, 9.17) is 9.26 Å². The maximum atomic E-state index is 5.87. The highest BCUT2D eigenvalue weighted by molar-refractivity contribution is 5.08. The smallest absolute Gasteiger partial charge is 0.316 e. The third kappa shape index (κ3) is 3.75. The number of hydrogen-bond acceptors (Lipinski definition) is 7. The van der Waals surface area contributed by atoms with Gasteiger partial charge in [-0.25, -0.2) is 9.97 Å². The van der Waals surface area contributed by atoms with Gasteiger partial charge in [-0.15, -0.1) is 0 Å². The van der Waals surface area contributed by atoms with Crippen LogP contribution in [0.1, 0.15) is 29.1 Å². The van der Waals surface area contributed by atoms with E-state index in [1.54, 1.807) is 12.4 Å². The summed E-state index contributed by atoms with van der Waals surface area (Å²) in [7, 11) is 0. The fraction of sp³-hybridized carbons (Fsp3) is 0.444. The minimum atomic E-state index is 0.207. The summed E-state index contributed by atoms with van der Waals surface area (Å²) in [4.78, 5) is 10.8. The molecule has 0 fully saturated rings. The Balaban J connectivity index is 1.49. The molecule has 1 aliphatic rings. The number of ether oxygens (including phenoxy) is 1. The lowest BCUT2D eigenvalue weighted by molar-refractivity contribution is 0.111. The van der Waals surface area contributed by atoms with Crippen molar-refractivity contribution >= 4 is 0 Å². The molecule has 1 aliphatic heterocycles. The Morgan fingerprint density at radius 1 is 1.27 bits per heavy atom. The topological polar surface area (TPSA) is 82.1 Å². The normalized spacial score (nSPS) is 17.7. The molecule has 26 heavy (non-hydrogen) atoms. The molecule has 8 heteroatoms. The van der Waals surface area contributed by atoms with E-state index in [0.29, 0.717) is 19.2 Å². The molecule has 136 valence electrons. The van der Waals surface area contributed by atoms with E-state index < -0.39 is 0 Å². The SMILES string of the molecule is Cc1cnc(OC[C@@H]2CCn3nccc3CN2Cc2cc(C)on2)nc1. The van der Waals surface area contributed by atoms with Gasteiger partial charge in [0.05, 0.1) is 11.4 Å². The molecule has 0 aromatic carbocycles. The molecule has 4 heterocycles. The molecule has 3 aromatic rings. The molecular formula is C18H22N6O2. The number of hydrogen-bond donors (Lipinski definition) is 0. The van der Waals surface area contributed by atoms with E-state index >= 15 is 0 Å². The van der Waals surface area contributed by atoms with E-state index in [1.165, 1.54) is 5.69 Å². The van der Waals surface area contributed by atoms with Gasteiger partial charge >= 0.3 is 6.01 Å². The van der Waals surface area contributed by atoms with Crippen molar-refractivity contribution in [1.29, 1.82) is 0 Å². The fourth-order valence-electron chi connectivity index (χ4n) is 3.19. The van der Waals surface area contributed by atoms with Crippen LogP contribution in [0.5, 0.6) is 6.01 Å². The molecule has 0 saturated carbocycles. The Bertz CT molecular complexity index is 857. The molecule has 8 nitrogen and oxygen atoms in total. The first-order valence-electron chi connectivity index (χ1n) is 8.76. The molecule has 0 saturated heterocycles. The maximum absolute atomic E-state index is 5.87. The van der Waals surface area contributed by atoms with Crippen LogP contribution < -0.4 is 4.74 Å². The van der Waals surface area contributed by atoms with Crippen LogP contribution in [-0.2, 0) is 19.6 Å². The van der Waals surface area contributed by atoms with Crippen LogP contribution in [0.2, 0.25) is 0 Å². The summed E-state index contributed by atoms with van der Waals surface area (Å²) >= 11 is 0. The third-order valence-electron chi connectivity index (χ3n) is 4.56. The van der Waals surface area contributed by atoms with Crippen LogP contribution in [0.3, 0.4) is 0 Å². The van der Waals surface area contributed by atoms with Gasteiger partial charge in [0.25, 0.3) is 0 Å². The van der Waals surface area contributed by atoms with Crippen molar-refractivity contribution in [2.75, 3.05) is 6.61 Å². The van der Waals surface area contributed by atoms with Crippen LogP contribution in [0, 0.1) is 13.8 Å². The van der Waals surface area contributed by atoms with Crippen molar-refractivity contribution in [3.63, 3.8) is 0 Å². The van der Waals surface area contributed by atoms with Crippen molar-refractivity contribution in [3.05, 3.63) is 53.4 Å². The molecular weight excluding hydrogens is 332 g/mol. The van der Waals surface area contributed by atoms with Crippen molar-refractivity contribution in [3.8, 4) is 6.01 Å². The quantitative estimate of drug-likeness (QED) is 0.694. The van der Waals surface area contributed by atoms with Gasteiger partial charge in [-0.05, 0) is 31.9 Å². The standard InChI is InChI=1S/C18H22N6O2/c1-13-8-19-18(20-9-13)25-12-17-4-6-24-16(3-5-21-24)11-23(17)10-15-7-14(2)26-22-15/h3,5,7-9,17H,4,6,10-12H2,1-2H3/t17-/m0/s1. The molecule has 0 unspecified atom stereocenters. The van der Waals surface area contributed by atoms with Gasteiger partial charge in [0.1, 0.15) is 12.4 Å². The lowest BCUT2D eigenvalue weighted by Crippen LogP contribution is -2.38. The molecule has 0 aliphatic carbocycles. The predicted octanol–water partition coefficient (Wildman–Crippen LogP) is 2.13. The van der Waals surface area contributed by atoms with Crippen LogP contribution in [-0.4, -0.2) is 42.5 Å². The summed E-state index contributed by atoms with van der Waals surface area (Å²) < 4.78 is 13.1. The van der Waals surface area contributed by atoms with Crippen molar-refractivity contribution in [2.24, 2.45) is 0 Å². The fourth-order valence-corrected chi connectivity index (χ4v) is 3.19. The molecule has 4 rings (SSSR count). The second kappa shape index (κ2) is 7.25. The first kappa shape index (κ1) is 16.7. The van der Waals surface area contributed by atoms with Crippen LogP contribution in [0.15, 0.2) is 35.2 Å².